The van der Waals surface area contributed by atoms with Gasteiger partial charge in [-0.1, -0.05) is 29.8 Å². The lowest BCUT2D eigenvalue weighted by molar-refractivity contribution is -0.118. The largest absolute Gasteiger partial charge is 0.493 e. The molecule has 28 heavy (non-hydrogen) atoms. The number of H-pyrrole nitrogens is 1. The Morgan fingerprint density at radius 2 is 2.04 bits per heavy atom. The van der Waals surface area contributed by atoms with Gasteiger partial charge in [-0.15, -0.1) is 0 Å². The first-order chi connectivity index (χ1) is 13.6. The van der Waals surface area contributed by atoms with Crippen molar-refractivity contribution in [2.75, 3.05) is 24.5 Å². The van der Waals surface area contributed by atoms with Crippen LogP contribution in [0.1, 0.15) is 11.1 Å². The second-order valence-corrected chi connectivity index (χ2v) is 6.40. The van der Waals surface area contributed by atoms with Gasteiger partial charge in [-0.3, -0.25) is 9.89 Å². The van der Waals surface area contributed by atoms with Crippen LogP contribution < -0.4 is 20.2 Å². The molecule has 0 aliphatic rings. The number of methoxy groups -OCH3 is 1. The third-order valence-corrected chi connectivity index (χ3v) is 4.24. The zero-order chi connectivity index (χ0) is 19.9. The van der Waals surface area contributed by atoms with E-state index in [-0.39, 0.29) is 12.5 Å². The van der Waals surface area contributed by atoms with Crippen LogP contribution in [-0.4, -0.2) is 34.5 Å². The SMILES string of the molecule is COc1cccc(CNn2cn[nH]c2=S)c1OCC(=O)Nc1ccc(C)cc1. The van der Waals surface area contributed by atoms with Gasteiger partial charge in [0.05, 0.1) is 13.7 Å². The molecule has 0 atom stereocenters. The topological polar surface area (TPSA) is 93.2 Å². The number of hydrogen-bond acceptors (Lipinski definition) is 6. The highest BCUT2D eigenvalue weighted by atomic mass is 32.1. The summed E-state index contributed by atoms with van der Waals surface area (Å²) in [6.07, 6.45) is 1.54. The van der Waals surface area contributed by atoms with Crippen LogP contribution in [0.25, 0.3) is 0 Å². The second-order valence-electron chi connectivity index (χ2n) is 6.02. The molecule has 0 spiro atoms. The van der Waals surface area contributed by atoms with E-state index in [1.54, 1.807) is 17.9 Å². The number of amides is 1. The smallest absolute Gasteiger partial charge is 0.262 e. The van der Waals surface area contributed by atoms with Gasteiger partial charge in [-0.05, 0) is 37.3 Å². The van der Waals surface area contributed by atoms with Gasteiger partial charge in [-0.2, -0.15) is 5.10 Å². The number of carbonyl (C=O) groups is 1. The van der Waals surface area contributed by atoms with E-state index < -0.39 is 0 Å². The summed E-state index contributed by atoms with van der Waals surface area (Å²) in [7, 11) is 1.55. The minimum absolute atomic E-state index is 0.146. The third kappa shape index (κ3) is 4.89. The van der Waals surface area contributed by atoms with Crippen molar-refractivity contribution >= 4 is 23.8 Å². The van der Waals surface area contributed by atoms with Crippen molar-refractivity contribution in [3.63, 3.8) is 0 Å². The van der Waals surface area contributed by atoms with Crippen molar-refractivity contribution < 1.29 is 14.3 Å². The van der Waals surface area contributed by atoms with E-state index in [4.69, 9.17) is 21.7 Å². The van der Waals surface area contributed by atoms with Crippen molar-refractivity contribution in [3.8, 4) is 11.5 Å². The Hall–Kier alpha value is -3.33. The van der Waals surface area contributed by atoms with E-state index in [9.17, 15) is 4.79 Å². The van der Waals surface area contributed by atoms with Crippen LogP contribution in [0.2, 0.25) is 0 Å². The molecule has 146 valence electrons. The maximum Gasteiger partial charge on any atom is 0.262 e. The predicted molar refractivity (Wildman–Crippen MR) is 109 cm³/mol. The van der Waals surface area contributed by atoms with Crippen molar-refractivity contribution in [1.82, 2.24) is 14.9 Å². The zero-order valence-corrected chi connectivity index (χ0v) is 16.4. The Morgan fingerprint density at radius 3 is 2.71 bits per heavy atom. The summed E-state index contributed by atoms with van der Waals surface area (Å²) in [6, 6.07) is 13.1. The van der Waals surface area contributed by atoms with Crippen LogP contribution in [-0.2, 0) is 11.3 Å². The number of aryl methyl sites for hydroxylation is 1. The molecule has 0 radical (unpaired) electrons. The average Bonchev–Trinajstić information content (AvgIpc) is 3.11. The van der Waals surface area contributed by atoms with Crippen LogP contribution in [0.3, 0.4) is 0 Å². The van der Waals surface area contributed by atoms with E-state index in [1.807, 2.05) is 43.3 Å². The molecule has 0 bridgehead atoms. The number of rotatable bonds is 8. The first-order valence-corrected chi connectivity index (χ1v) is 8.98. The number of benzene rings is 2. The standard InChI is InChI=1S/C19H21N5O3S/c1-13-6-8-15(9-7-13)22-17(25)11-27-18-14(4-3-5-16(18)26-2)10-21-24-12-20-23-19(24)28/h3-9,12,21H,10-11H2,1-2H3,(H,22,25)(H,23,28). The molecule has 1 aromatic heterocycles. The fourth-order valence-corrected chi connectivity index (χ4v) is 2.69. The summed E-state index contributed by atoms with van der Waals surface area (Å²) in [5, 5.41) is 9.33. The number of nitrogens with zero attached hydrogens (tertiary/aromatic N) is 2. The minimum atomic E-state index is -0.259. The van der Waals surface area contributed by atoms with E-state index in [0.717, 1.165) is 16.8 Å². The highest BCUT2D eigenvalue weighted by Crippen LogP contribution is 2.31. The van der Waals surface area contributed by atoms with Gasteiger partial charge >= 0.3 is 0 Å². The molecular formula is C19H21N5O3S. The number of ether oxygens (including phenoxy) is 2. The molecule has 0 aliphatic heterocycles. The Kier molecular flexibility index (Phi) is 6.28. The molecule has 3 N–H and O–H groups in total. The van der Waals surface area contributed by atoms with Gasteiger partial charge < -0.3 is 20.2 Å². The third-order valence-electron chi connectivity index (χ3n) is 3.96. The number of nitrogens with one attached hydrogen (secondary N) is 3. The molecule has 3 rings (SSSR count). The van der Waals surface area contributed by atoms with E-state index in [1.165, 1.54) is 6.33 Å². The molecule has 3 aromatic rings. The molecule has 0 saturated heterocycles. The highest BCUT2D eigenvalue weighted by molar-refractivity contribution is 7.71. The van der Waals surface area contributed by atoms with Gasteiger partial charge in [0.25, 0.3) is 5.91 Å². The summed E-state index contributed by atoms with van der Waals surface area (Å²) in [5.41, 5.74) is 5.77. The number of hydrogen-bond donors (Lipinski definition) is 3. The highest BCUT2D eigenvalue weighted by Gasteiger charge is 2.13. The molecule has 9 heteroatoms. The van der Waals surface area contributed by atoms with Crippen LogP contribution in [0.4, 0.5) is 5.69 Å². The first kappa shape index (κ1) is 19.4. The number of aromatic amines is 1. The van der Waals surface area contributed by atoms with Crippen molar-refractivity contribution in [3.05, 3.63) is 64.7 Å². The summed E-state index contributed by atoms with van der Waals surface area (Å²) in [5.74, 6) is 0.774. The van der Waals surface area contributed by atoms with Gasteiger partial charge in [0.2, 0.25) is 4.77 Å². The van der Waals surface area contributed by atoms with Gasteiger partial charge in [0.1, 0.15) is 6.33 Å². The Bertz CT molecular complexity index is 997. The molecular weight excluding hydrogens is 378 g/mol. The molecule has 1 heterocycles. The van der Waals surface area contributed by atoms with Gasteiger partial charge in [0.15, 0.2) is 18.1 Å². The lowest BCUT2D eigenvalue weighted by Crippen LogP contribution is -2.21. The van der Waals surface area contributed by atoms with Crippen LogP contribution in [0, 0.1) is 11.7 Å². The maximum atomic E-state index is 12.2. The molecule has 8 nitrogen and oxygen atoms in total. The Balaban J connectivity index is 1.67. The van der Waals surface area contributed by atoms with Crippen molar-refractivity contribution in [2.24, 2.45) is 0 Å². The Labute approximate surface area is 167 Å². The lowest BCUT2D eigenvalue weighted by atomic mass is 10.2. The van der Waals surface area contributed by atoms with Crippen molar-refractivity contribution in [2.45, 2.75) is 13.5 Å². The molecule has 0 fully saturated rings. The normalized spacial score (nSPS) is 10.4. The summed E-state index contributed by atoms with van der Waals surface area (Å²) in [4.78, 5) is 12.2. The number of para-hydroxylation sites is 1. The van der Waals surface area contributed by atoms with Crippen LogP contribution in [0.15, 0.2) is 48.8 Å². The van der Waals surface area contributed by atoms with Crippen LogP contribution >= 0.6 is 12.2 Å². The monoisotopic (exact) mass is 399 g/mol. The second kappa shape index (κ2) is 9.05. The van der Waals surface area contributed by atoms with Crippen LogP contribution in [0.5, 0.6) is 11.5 Å². The number of aromatic nitrogens is 3. The average molecular weight is 399 g/mol. The summed E-state index contributed by atoms with van der Waals surface area (Å²) in [6.45, 7) is 2.25. The molecule has 2 aromatic carbocycles. The maximum absolute atomic E-state index is 12.2. The molecule has 0 aliphatic carbocycles. The Morgan fingerprint density at radius 1 is 1.25 bits per heavy atom. The lowest BCUT2D eigenvalue weighted by Gasteiger charge is -2.16. The quantitative estimate of drug-likeness (QED) is 0.504. The van der Waals surface area contributed by atoms with Gasteiger partial charge in [0, 0.05) is 11.3 Å². The number of anilines is 1. The summed E-state index contributed by atoms with van der Waals surface area (Å²) < 4.78 is 13.2. The fourth-order valence-electron chi connectivity index (χ4n) is 2.53. The van der Waals surface area contributed by atoms with E-state index in [0.29, 0.717) is 22.8 Å². The molecule has 0 unspecified atom stereocenters. The summed E-state index contributed by atoms with van der Waals surface area (Å²) >= 11 is 5.11. The minimum Gasteiger partial charge on any atom is -0.493 e. The first-order valence-electron chi connectivity index (χ1n) is 8.58. The zero-order valence-electron chi connectivity index (χ0n) is 15.6. The van der Waals surface area contributed by atoms with Gasteiger partial charge in [-0.25, -0.2) is 4.68 Å². The molecule has 1 amide bonds. The van der Waals surface area contributed by atoms with E-state index in [2.05, 4.69) is 20.9 Å². The van der Waals surface area contributed by atoms with Crippen molar-refractivity contribution in [1.29, 1.82) is 0 Å². The predicted octanol–water partition coefficient (Wildman–Crippen LogP) is 3.02. The fraction of sp³-hybridized carbons (Fsp3) is 0.211. The number of carbonyl (C=O) groups excluding carboxylic acids is 1. The molecule has 0 saturated carbocycles. The van der Waals surface area contributed by atoms with E-state index >= 15 is 0 Å².